The Kier molecular flexibility index (Phi) is 27.0. The number of carbonyl (C=O) groups is 1. The number of unbranched alkanes of at least 4 members (excludes halogenated alkanes) is 20. The van der Waals surface area contributed by atoms with E-state index in [0.717, 1.165) is 38.5 Å². The van der Waals surface area contributed by atoms with Crippen molar-refractivity contribution in [2.45, 2.75) is 204 Å². The van der Waals surface area contributed by atoms with Crippen molar-refractivity contribution in [1.29, 1.82) is 0 Å². The number of rotatable bonds is 30. The summed E-state index contributed by atoms with van der Waals surface area (Å²) in [4.78, 5) is 12.8. The first kappa shape index (κ1) is 43.0. The quantitative estimate of drug-likeness (QED) is 0.0394. The summed E-state index contributed by atoms with van der Waals surface area (Å²) in [6.45, 7) is 3.69. The van der Waals surface area contributed by atoms with Crippen LogP contribution in [0.15, 0.2) is 12.2 Å². The van der Waals surface area contributed by atoms with Crippen LogP contribution in [0.5, 0.6) is 0 Å². The van der Waals surface area contributed by atoms with Crippen LogP contribution in [0.1, 0.15) is 162 Å². The smallest absolute Gasteiger partial charge is 0.220 e. The summed E-state index contributed by atoms with van der Waals surface area (Å²) in [6, 6.07) is -0.794. The summed E-state index contributed by atoms with van der Waals surface area (Å²) in [5, 5.41) is 53.6. The summed E-state index contributed by atoms with van der Waals surface area (Å²) in [5.74, 6) is -0.181. The molecule has 0 aromatic heterocycles. The van der Waals surface area contributed by atoms with Crippen molar-refractivity contribution in [3.05, 3.63) is 12.2 Å². The molecule has 272 valence electrons. The van der Waals surface area contributed by atoms with E-state index < -0.39 is 49.5 Å². The summed E-state index contributed by atoms with van der Waals surface area (Å²) < 4.78 is 11.1. The molecule has 9 heteroatoms. The van der Waals surface area contributed by atoms with Gasteiger partial charge in [-0.1, -0.05) is 148 Å². The van der Waals surface area contributed by atoms with Gasteiger partial charge in [-0.3, -0.25) is 4.79 Å². The Labute approximate surface area is 280 Å². The molecule has 0 aliphatic carbocycles. The molecule has 1 saturated heterocycles. The molecule has 1 fully saturated rings. The predicted octanol–water partition coefficient (Wildman–Crippen LogP) is 6.22. The Morgan fingerprint density at radius 1 is 0.717 bits per heavy atom. The molecule has 1 heterocycles. The van der Waals surface area contributed by atoms with E-state index in [2.05, 4.69) is 19.2 Å². The van der Waals surface area contributed by atoms with Gasteiger partial charge in [-0.15, -0.1) is 0 Å². The lowest BCUT2D eigenvalue weighted by molar-refractivity contribution is -0.302. The van der Waals surface area contributed by atoms with E-state index in [-0.39, 0.29) is 12.5 Å². The fraction of sp³-hybridized carbons (Fsp3) is 0.919. The molecule has 7 unspecified atom stereocenters. The Morgan fingerprint density at radius 3 is 1.70 bits per heavy atom. The van der Waals surface area contributed by atoms with Crippen LogP contribution in [0.25, 0.3) is 0 Å². The number of amides is 1. The van der Waals surface area contributed by atoms with Gasteiger partial charge in [-0.2, -0.15) is 0 Å². The third-order valence-corrected chi connectivity index (χ3v) is 9.11. The minimum absolute atomic E-state index is 0.181. The number of allylic oxidation sites excluding steroid dienone is 1. The molecule has 0 radical (unpaired) electrons. The lowest BCUT2D eigenvalue weighted by Crippen LogP contribution is -2.60. The average Bonchev–Trinajstić information content (AvgIpc) is 3.05. The second-order valence-electron chi connectivity index (χ2n) is 13.4. The minimum atomic E-state index is -1.56. The van der Waals surface area contributed by atoms with Crippen LogP contribution in [-0.2, 0) is 14.3 Å². The molecule has 6 N–H and O–H groups in total. The largest absolute Gasteiger partial charge is 0.394 e. The first-order valence-corrected chi connectivity index (χ1v) is 18.9. The van der Waals surface area contributed by atoms with Gasteiger partial charge < -0.3 is 40.3 Å². The highest BCUT2D eigenvalue weighted by Gasteiger charge is 2.44. The van der Waals surface area contributed by atoms with E-state index >= 15 is 0 Å². The lowest BCUT2D eigenvalue weighted by Gasteiger charge is -2.40. The van der Waals surface area contributed by atoms with Crippen LogP contribution in [0, 0.1) is 0 Å². The maximum absolute atomic E-state index is 12.8. The topological polar surface area (TPSA) is 149 Å². The summed E-state index contributed by atoms with van der Waals surface area (Å²) in [7, 11) is 0. The zero-order valence-corrected chi connectivity index (χ0v) is 29.3. The Hall–Kier alpha value is -1.07. The van der Waals surface area contributed by atoms with E-state index in [0.29, 0.717) is 6.42 Å². The van der Waals surface area contributed by atoms with Gasteiger partial charge in [-0.25, -0.2) is 0 Å². The van der Waals surface area contributed by atoms with Crippen molar-refractivity contribution in [3.63, 3.8) is 0 Å². The Morgan fingerprint density at radius 2 is 1.20 bits per heavy atom. The van der Waals surface area contributed by atoms with Crippen molar-refractivity contribution >= 4 is 5.91 Å². The summed E-state index contributed by atoms with van der Waals surface area (Å²) >= 11 is 0. The van der Waals surface area contributed by atoms with Gasteiger partial charge in [0.05, 0.1) is 25.4 Å². The first-order valence-electron chi connectivity index (χ1n) is 18.9. The molecular weight excluding hydrogens is 586 g/mol. The number of aliphatic hydroxyl groups is 5. The zero-order chi connectivity index (χ0) is 33.8. The second-order valence-corrected chi connectivity index (χ2v) is 13.4. The highest BCUT2D eigenvalue weighted by Crippen LogP contribution is 2.22. The lowest BCUT2D eigenvalue weighted by atomic mass is 9.99. The van der Waals surface area contributed by atoms with Crippen LogP contribution in [0.3, 0.4) is 0 Å². The second kappa shape index (κ2) is 28.9. The van der Waals surface area contributed by atoms with Crippen LogP contribution in [-0.4, -0.2) is 87.5 Å². The fourth-order valence-electron chi connectivity index (χ4n) is 5.98. The standard InChI is InChI=1S/C37H71NO8/c1-3-5-7-9-11-12-13-14-15-16-17-18-19-21-23-25-27-33(41)38-30(31(40)26-24-22-20-10-8-6-4-2)29-45-37-36(44)35(43)34(42)32(28-39)46-37/h24,26,30-32,34-37,39-40,42-44H,3-23,25,27-29H2,1-2H3,(H,38,41)/b26-24+. The number of nitrogens with one attached hydrogen (secondary N) is 1. The number of hydrogen-bond acceptors (Lipinski definition) is 8. The normalized spacial score (nSPS) is 23.2. The van der Waals surface area contributed by atoms with E-state index in [9.17, 15) is 30.3 Å². The number of ether oxygens (including phenoxy) is 2. The van der Waals surface area contributed by atoms with Crippen molar-refractivity contribution in [2.24, 2.45) is 0 Å². The maximum atomic E-state index is 12.8. The SMILES string of the molecule is CCCCCCC/C=C/C(O)C(COC1OC(CO)C(O)C(O)C1O)NC(=O)CCCCCCCCCCCCCCCCCC. The molecule has 1 amide bonds. The van der Waals surface area contributed by atoms with Gasteiger partial charge in [0.2, 0.25) is 5.91 Å². The van der Waals surface area contributed by atoms with E-state index in [4.69, 9.17) is 9.47 Å². The first-order chi connectivity index (χ1) is 22.3. The molecule has 0 aromatic carbocycles. The third-order valence-electron chi connectivity index (χ3n) is 9.11. The van der Waals surface area contributed by atoms with Gasteiger partial charge in [-0.05, 0) is 19.3 Å². The molecule has 7 atom stereocenters. The van der Waals surface area contributed by atoms with Crippen molar-refractivity contribution in [3.8, 4) is 0 Å². The molecule has 46 heavy (non-hydrogen) atoms. The van der Waals surface area contributed by atoms with Gasteiger partial charge in [0, 0.05) is 6.42 Å². The number of aliphatic hydroxyl groups excluding tert-OH is 5. The molecule has 1 rings (SSSR count). The van der Waals surface area contributed by atoms with Crippen molar-refractivity contribution in [2.75, 3.05) is 13.2 Å². The fourth-order valence-corrected chi connectivity index (χ4v) is 5.98. The maximum Gasteiger partial charge on any atom is 0.220 e. The molecule has 0 bridgehead atoms. The van der Waals surface area contributed by atoms with Crippen LogP contribution >= 0.6 is 0 Å². The summed E-state index contributed by atoms with van der Waals surface area (Å²) in [5.41, 5.74) is 0. The van der Waals surface area contributed by atoms with E-state index in [1.165, 1.54) is 103 Å². The van der Waals surface area contributed by atoms with Crippen LogP contribution in [0.4, 0.5) is 0 Å². The van der Waals surface area contributed by atoms with Gasteiger partial charge in [0.15, 0.2) is 6.29 Å². The number of hydrogen-bond donors (Lipinski definition) is 6. The monoisotopic (exact) mass is 658 g/mol. The van der Waals surface area contributed by atoms with Crippen molar-refractivity contribution in [1.82, 2.24) is 5.32 Å². The highest BCUT2D eigenvalue weighted by atomic mass is 16.7. The third kappa shape index (κ3) is 20.3. The predicted molar refractivity (Wildman–Crippen MR) is 184 cm³/mol. The Bertz CT molecular complexity index is 736. The average molecular weight is 658 g/mol. The van der Waals surface area contributed by atoms with Crippen LogP contribution < -0.4 is 5.32 Å². The molecule has 1 aliphatic heterocycles. The summed E-state index contributed by atoms with van der Waals surface area (Å²) in [6.07, 6.45) is 22.7. The van der Waals surface area contributed by atoms with E-state index in [1.54, 1.807) is 6.08 Å². The zero-order valence-electron chi connectivity index (χ0n) is 29.3. The molecule has 0 spiro atoms. The molecule has 1 aliphatic rings. The molecule has 0 saturated carbocycles. The Balaban J connectivity index is 2.36. The minimum Gasteiger partial charge on any atom is -0.394 e. The molecule has 9 nitrogen and oxygen atoms in total. The van der Waals surface area contributed by atoms with E-state index in [1.807, 2.05) is 6.08 Å². The molecular formula is C37H71NO8. The van der Waals surface area contributed by atoms with Gasteiger partial charge in [0.25, 0.3) is 0 Å². The number of carbonyl (C=O) groups excluding carboxylic acids is 1. The van der Waals surface area contributed by atoms with Gasteiger partial charge in [0.1, 0.15) is 24.4 Å². The van der Waals surface area contributed by atoms with Gasteiger partial charge >= 0.3 is 0 Å². The van der Waals surface area contributed by atoms with Crippen LogP contribution in [0.2, 0.25) is 0 Å². The van der Waals surface area contributed by atoms with Crippen molar-refractivity contribution < 1.29 is 39.8 Å². The highest BCUT2D eigenvalue weighted by molar-refractivity contribution is 5.76. The molecule has 0 aromatic rings.